The predicted molar refractivity (Wildman–Crippen MR) is 104 cm³/mol. The van der Waals surface area contributed by atoms with Crippen molar-refractivity contribution in [3.05, 3.63) is 42.0 Å². The van der Waals surface area contributed by atoms with Gasteiger partial charge in [-0.1, -0.05) is 12.1 Å². The maximum atomic E-state index is 12.8. The van der Waals surface area contributed by atoms with Gasteiger partial charge in [-0.15, -0.1) is 0 Å². The van der Waals surface area contributed by atoms with Crippen LogP contribution in [0.3, 0.4) is 0 Å². The summed E-state index contributed by atoms with van der Waals surface area (Å²) in [5.74, 6) is 2.42. The van der Waals surface area contributed by atoms with Gasteiger partial charge in [0.2, 0.25) is 0 Å². The molecular weight excluding hydrogens is 348 g/mol. The van der Waals surface area contributed by atoms with Crippen LogP contribution in [0, 0.1) is 0 Å². The van der Waals surface area contributed by atoms with Crippen LogP contribution in [0.2, 0.25) is 0 Å². The van der Waals surface area contributed by atoms with Crippen LogP contribution in [0.25, 0.3) is 0 Å². The molecule has 2 aromatic rings. The van der Waals surface area contributed by atoms with Gasteiger partial charge < -0.3 is 29.2 Å². The Morgan fingerprint density at radius 1 is 0.963 bits per heavy atom. The van der Waals surface area contributed by atoms with Crippen molar-refractivity contribution in [2.24, 2.45) is 0 Å². The lowest BCUT2D eigenvalue weighted by Gasteiger charge is -2.23. The van der Waals surface area contributed by atoms with Crippen LogP contribution in [0.1, 0.15) is 12.5 Å². The summed E-state index contributed by atoms with van der Waals surface area (Å²) in [6.07, 6.45) is 0. The molecule has 27 heavy (non-hydrogen) atoms. The first-order chi connectivity index (χ1) is 13.1. The van der Waals surface area contributed by atoms with Crippen molar-refractivity contribution in [2.45, 2.75) is 13.5 Å². The second-order valence-corrected chi connectivity index (χ2v) is 5.66. The zero-order chi connectivity index (χ0) is 19.8. The van der Waals surface area contributed by atoms with E-state index in [0.29, 0.717) is 41.8 Å². The maximum Gasteiger partial charge on any atom is 0.322 e. The van der Waals surface area contributed by atoms with E-state index in [9.17, 15) is 4.79 Å². The van der Waals surface area contributed by atoms with E-state index in [0.717, 1.165) is 5.56 Å². The van der Waals surface area contributed by atoms with E-state index in [1.807, 2.05) is 25.1 Å². The summed E-state index contributed by atoms with van der Waals surface area (Å²) in [5.41, 5.74) is 1.43. The molecule has 0 bridgehead atoms. The minimum Gasteiger partial charge on any atom is -0.497 e. The number of nitrogens with one attached hydrogen (secondary N) is 1. The number of para-hydroxylation sites is 1. The van der Waals surface area contributed by atoms with Crippen molar-refractivity contribution in [3.8, 4) is 23.0 Å². The number of hydrogen-bond donors (Lipinski definition) is 1. The van der Waals surface area contributed by atoms with Gasteiger partial charge in [0.1, 0.15) is 11.5 Å². The zero-order valence-electron chi connectivity index (χ0n) is 16.4. The molecular formula is C20H26N2O5. The molecule has 0 aliphatic heterocycles. The quantitative estimate of drug-likeness (QED) is 0.762. The van der Waals surface area contributed by atoms with E-state index in [1.165, 1.54) is 0 Å². The Bertz CT molecular complexity index is 779. The zero-order valence-corrected chi connectivity index (χ0v) is 16.4. The van der Waals surface area contributed by atoms with Gasteiger partial charge in [-0.05, 0) is 25.1 Å². The SMILES string of the molecule is CCN(Cc1cccc(OC)c1OC)C(=O)Nc1ccc(OC)cc1OC. The molecule has 7 heteroatoms. The van der Waals surface area contributed by atoms with Crippen LogP contribution >= 0.6 is 0 Å². The van der Waals surface area contributed by atoms with Crippen molar-refractivity contribution in [3.63, 3.8) is 0 Å². The minimum absolute atomic E-state index is 0.245. The number of hydrogen-bond acceptors (Lipinski definition) is 5. The molecule has 0 radical (unpaired) electrons. The molecule has 0 aliphatic rings. The lowest BCUT2D eigenvalue weighted by molar-refractivity contribution is 0.211. The van der Waals surface area contributed by atoms with Crippen LogP contribution in [0.4, 0.5) is 10.5 Å². The third-order valence-corrected chi connectivity index (χ3v) is 4.16. The molecule has 0 fully saturated rings. The number of nitrogens with zero attached hydrogens (tertiary/aromatic N) is 1. The largest absolute Gasteiger partial charge is 0.497 e. The molecule has 0 aromatic heterocycles. The lowest BCUT2D eigenvalue weighted by Crippen LogP contribution is -2.34. The van der Waals surface area contributed by atoms with Gasteiger partial charge in [0.25, 0.3) is 0 Å². The number of ether oxygens (including phenoxy) is 4. The first kappa shape index (κ1) is 20.2. The summed E-state index contributed by atoms with van der Waals surface area (Å²) in [6, 6.07) is 10.6. The van der Waals surface area contributed by atoms with Gasteiger partial charge in [-0.3, -0.25) is 0 Å². The topological polar surface area (TPSA) is 69.3 Å². The van der Waals surface area contributed by atoms with Crippen molar-refractivity contribution in [2.75, 3.05) is 40.3 Å². The van der Waals surface area contributed by atoms with Gasteiger partial charge in [0.05, 0.1) is 40.7 Å². The standard InChI is InChI=1S/C20H26N2O5/c1-6-22(13-14-8-7-9-17(25-3)19(14)27-5)20(23)21-16-11-10-15(24-2)12-18(16)26-4/h7-12H,6,13H2,1-5H3,(H,21,23). The molecule has 0 aliphatic carbocycles. The summed E-state index contributed by atoms with van der Waals surface area (Å²) in [5, 5.41) is 2.88. The Kier molecular flexibility index (Phi) is 7.16. The number of carbonyl (C=O) groups excluding carboxylic acids is 1. The van der Waals surface area contributed by atoms with Crippen LogP contribution < -0.4 is 24.3 Å². The Balaban J connectivity index is 2.20. The third-order valence-electron chi connectivity index (χ3n) is 4.16. The van der Waals surface area contributed by atoms with Gasteiger partial charge in [0, 0.05) is 18.2 Å². The van der Waals surface area contributed by atoms with Crippen molar-refractivity contribution < 1.29 is 23.7 Å². The fraction of sp³-hybridized carbons (Fsp3) is 0.350. The highest BCUT2D eigenvalue weighted by molar-refractivity contribution is 5.91. The van der Waals surface area contributed by atoms with Crippen LogP contribution in [-0.2, 0) is 6.54 Å². The average Bonchev–Trinajstić information content (AvgIpc) is 2.71. The Hall–Kier alpha value is -3.09. The van der Waals surface area contributed by atoms with Crippen molar-refractivity contribution in [1.29, 1.82) is 0 Å². The number of rotatable bonds is 8. The second kappa shape index (κ2) is 9.56. The summed E-state index contributed by atoms with van der Waals surface area (Å²) >= 11 is 0. The summed E-state index contributed by atoms with van der Waals surface area (Å²) in [6.45, 7) is 2.81. The molecule has 1 N–H and O–H groups in total. The van der Waals surface area contributed by atoms with Crippen LogP contribution in [0.15, 0.2) is 36.4 Å². The molecule has 2 amide bonds. The number of benzene rings is 2. The molecule has 146 valence electrons. The number of carbonyl (C=O) groups is 1. The van der Waals surface area contributed by atoms with Gasteiger partial charge >= 0.3 is 6.03 Å². The molecule has 0 heterocycles. The molecule has 0 atom stereocenters. The van der Waals surface area contributed by atoms with Crippen molar-refractivity contribution in [1.82, 2.24) is 4.90 Å². The number of methoxy groups -OCH3 is 4. The second-order valence-electron chi connectivity index (χ2n) is 5.66. The maximum absolute atomic E-state index is 12.8. The smallest absolute Gasteiger partial charge is 0.322 e. The average molecular weight is 374 g/mol. The van der Waals surface area contributed by atoms with Crippen LogP contribution in [0.5, 0.6) is 23.0 Å². The monoisotopic (exact) mass is 374 g/mol. The van der Waals surface area contributed by atoms with E-state index < -0.39 is 0 Å². The molecule has 0 spiro atoms. The number of anilines is 1. The highest BCUT2D eigenvalue weighted by Crippen LogP contribution is 2.32. The van der Waals surface area contributed by atoms with E-state index in [4.69, 9.17) is 18.9 Å². The van der Waals surface area contributed by atoms with Gasteiger partial charge in [-0.2, -0.15) is 0 Å². The Morgan fingerprint density at radius 3 is 2.30 bits per heavy atom. The summed E-state index contributed by atoms with van der Waals surface area (Å²) < 4.78 is 21.3. The fourth-order valence-electron chi connectivity index (χ4n) is 2.71. The van der Waals surface area contributed by atoms with Crippen molar-refractivity contribution >= 4 is 11.7 Å². The lowest BCUT2D eigenvalue weighted by atomic mass is 10.1. The Morgan fingerprint density at radius 2 is 1.70 bits per heavy atom. The normalized spacial score (nSPS) is 10.1. The predicted octanol–water partition coefficient (Wildman–Crippen LogP) is 3.78. The molecule has 0 saturated carbocycles. The molecule has 0 unspecified atom stereocenters. The van der Waals surface area contributed by atoms with Crippen LogP contribution in [-0.4, -0.2) is 45.9 Å². The minimum atomic E-state index is -0.245. The first-order valence-corrected chi connectivity index (χ1v) is 8.55. The molecule has 2 aromatic carbocycles. The van der Waals surface area contributed by atoms with Gasteiger partial charge in [0.15, 0.2) is 11.5 Å². The van der Waals surface area contributed by atoms with E-state index >= 15 is 0 Å². The highest BCUT2D eigenvalue weighted by atomic mass is 16.5. The van der Waals surface area contributed by atoms with E-state index in [2.05, 4.69) is 5.32 Å². The van der Waals surface area contributed by atoms with Gasteiger partial charge in [-0.25, -0.2) is 4.79 Å². The fourth-order valence-corrected chi connectivity index (χ4v) is 2.71. The first-order valence-electron chi connectivity index (χ1n) is 8.55. The molecule has 2 rings (SSSR count). The summed E-state index contributed by atoms with van der Waals surface area (Å²) in [4.78, 5) is 14.4. The Labute approximate surface area is 159 Å². The molecule has 7 nitrogen and oxygen atoms in total. The highest BCUT2D eigenvalue weighted by Gasteiger charge is 2.18. The molecule has 0 saturated heterocycles. The number of amides is 2. The number of urea groups is 1. The van der Waals surface area contributed by atoms with E-state index in [-0.39, 0.29) is 6.03 Å². The summed E-state index contributed by atoms with van der Waals surface area (Å²) in [7, 11) is 6.29. The third kappa shape index (κ3) is 4.75. The van der Waals surface area contributed by atoms with E-state index in [1.54, 1.807) is 51.5 Å².